The lowest BCUT2D eigenvalue weighted by Crippen LogP contribution is -2.11. The quantitative estimate of drug-likeness (QED) is 0.389. The molecule has 6 nitrogen and oxygen atoms in total. The Morgan fingerprint density at radius 2 is 1.72 bits per heavy atom. The van der Waals surface area contributed by atoms with Gasteiger partial charge in [-0.1, -0.05) is 23.7 Å². The highest BCUT2D eigenvalue weighted by Gasteiger charge is 2.22. The lowest BCUT2D eigenvalue weighted by atomic mass is 10.1. The van der Waals surface area contributed by atoms with Crippen molar-refractivity contribution in [3.05, 3.63) is 88.1 Å². The van der Waals surface area contributed by atoms with Crippen molar-refractivity contribution >= 4 is 45.1 Å². The van der Waals surface area contributed by atoms with Gasteiger partial charge in [0.05, 0.1) is 12.0 Å². The zero-order valence-electron chi connectivity index (χ0n) is 14.8. The van der Waals surface area contributed by atoms with E-state index in [1.165, 1.54) is 12.3 Å². The standard InChI is InChI=1S/C22H12ClNO5/c23-12-7-8-17-14(10-12)15(11-19(25)28-17)21-20(13-4-1-2-5-16(13)29-21)24-22(26)18-6-3-9-27-18/h1-11H,(H,24,26). The predicted octanol–water partition coefficient (Wildman–Crippen LogP) is 5.70. The number of benzene rings is 2. The summed E-state index contributed by atoms with van der Waals surface area (Å²) in [5, 5.41) is 4.59. The average Bonchev–Trinajstić information content (AvgIpc) is 3.36. The number of furan rings is 2. The van der Waals surface area contributed by atoms with Gasteiger partial charge >= 0.3 is 5.63 Å². The molecule has 0 spiro atoms. The Labute approximate surface area is 168 Å². The molecule has 1 amide bonds. The Balaban J connectivity index is 1.78. The van der Waals surface area contributed by atoms with Gasteiger partial charge in [-0.05, 0) is 42.5 Å². The van der Waals surface area contributed by atoms with E-state index in [9.17, 15) is 9.59 Å². The number of carbonyl (C=O) groups excluding carboxylic acids is 1. The Morgan fingerprint density at radius 1 is 0.897 bits per heavy atom. The molecule has 3 aromatic heterocycles. The number of para-hydroxylation sites is 1. The van der Waals surface area contributed by atoms with Crippen molar-refractivity contribution in [2.75, 3.05) is 5.32 Å². The molecule has 0 aliphatic carbocycles. The first kappa shape index (κ1) is 17.3. The minimum Gasteiger partial charge on any atom is -0.459 e. The van der Waals surface area contributed by atoms with Crippen LogP contribution in [0.25, 0.3) is 33.3 Å². The summed E-state index contributed by atoms with van der Waals surface area (Å²) >= 11 is 6.16. The number of halogens is 1. The molecular formula is C22H12ClNO5. The molecular weight excluding hydrogens is 394 g/mol. The van der Waals surface area contributed by atoms with Crippen molar-refractivity contribution in [1.82, 2.24) is 0 Å². The summed E-state index contributed by atoms with van der Waals surface area (Å²) in [6.07, 6.45) is 1.42. The topological polar surface area (TPSA) is 85.6 Å². The van der Waals surface area contributed by atoms with Gasteiger partial charge in [0, 0.05) is 27.4 Å². The van der Waals surface area contributed by atoms with Crippen LogP contribution in [0.3, 0.4) is 0 Å². The Kier molecular flexibility index (Phi) is 4.00. The molecule has 29 heavy (non-hydrogen) atoms. The molecule has 3 heterocycles. The average molecular weight is 406 g/mol. The molecule has 5 rings (SSSR count). The maximum Gasteiger partial charge on any atom is 0.336 e. The molecule has 0 saturated heterocycles. The summed E-state index contributed by atoms with van der Waals surface area (Å²) in [5.41, 5.74) is 1.26. The van der Waals surface area contributed by atoms with E-state index in [4.69, 9.17) is 24.9 Å². The molecule has 0 saturated carbocycles. The van der Waals surface area contributed by atoms with E-state index in [1.807, 2.05) is 18.2 Å². The third-order valence-corrected chi connectivity index (χ3v) is 4.76. The van der Waals surface area contributed by atoms with E-state index in [2.05, 4.69) is 5.32 Å². The van der Waals surface area contributed by atoms with Gasteiger partial charge < -0.3 is 18.6 Å². The van der Waals surface area contributed by atoms with Gasteiger partial charge in [-0.15, -0.1) is 0 Å². The third-order valence-electron chi connectivity index (χ3n) is 4.53. The summed E-state index contributed by atoms with van der Waals surface area (Å²) in [6, 6.07) is 16.7. The van der Waals surface area contributed by atoms with Gasteiger partial charge in [-0.25, -0.2) is 4.79 Å². The molecule has 0 bridgehead atoms. The van der Waals surface area contributed by atoms with Gasteiger partial charge in [0.15, 0.2) is 11.5 Å². The number of nitrogens with one attached hydrogen (secondary N) is 1. The maximum absolute atomic E-state index is 12.6. The fourth-order valence-corrected chi connectivity index (χ4v) is 3.44. The Hall–Kier alpha value is -3.77. The lowest BCUT2D eigenvalue weighted by Gasteiger charge is -2.07. The summed E-state index contributed by atoms with van der Waals surface area (Å²) in [4.78, 5) is 24.8. The van der Waals surface area contributed by atoms with Crippen LogP contribution >= 0.6 is 11.6 Å². The van der Waals surface area contributed by atoms with E-state index in [0.29, 0.717) is 44.0 Å². The highest BCUT2D eigenvalue weighted by Crippen LogP contribution is 2.41. The molecule has 2 aromatic carbocycles. The van der Waals surface area contributed by atoms with Gasteiger partial charge in [0.25, 0.3) is 5.91 Å². The minimum absolute atomic E-state index is 0.154. The zero-order valence-corrected chi connectivity index (χ0v) is 15.5. The first-order valence-corrected chi connectivity index (χ1v) is 9.08. The largest absolute Gasteiger partial charge is 0.459 e. The number of carbonyl (C=O) groups is 1. The predicted molar refractivity (Wildman–Crippen MR) is 109 cm³/mol. The second kappa shape index (κ2) is 6.68. The summed E-state index contributed by atoms with van der Waals surface area (Å²) in [7, 11) is 0. The van der Waals surface area contributed by atoms with Crippen molar-refractivity contribution in [1.29, 1.82) is 0 Å². The highest BCUT2D eigenvalue weighted by atomic mass is 35.5. The van der Waals surface area contributed by atoms with Crippen LogP contribution < -0.4 is 10.9 Å². The van der Waals surface area contributed by atoms with Crippen molar-refractivity contribution in [2.45, 2.75) is 0 Å². The van der Waals surface area contributed by atoms with Crippen LogP contribution in [0.4, 0.5) is 5.69 Å². The van der Waals surface area contributed by atoms with Gasteiger partial charge in [-0.2, -0.15) is 0 Å². The number of fused-ring (bicyclic) bond motifs is 2. The first-order valence-electron chi connectivity index (χ1n) is 8.70. The number of amides is 1. The summed E-state index contributed by atoms with van der Waals surface area (Å²) in [6.45, 7) is 0. The van der Waals surface area contributed by atoms with Crippen LogP contribution in [-0.4, -0.2) is 5.91 Å². The summed E-state index contributed by atoms with van der Waals surface area (Å²) in [5.74, 6) is 0.0427. The van der Waals surface area contributed by atoms with Gasteiger partial charge in [-0.3, -0.25) is 4.79 Å². The Morgan fingerprint density at radius 3 is 2.55 bits per heavy atom. The molecule has 7 heteroatoms. The van der Waals surface area contributed by atoms with Crippen LogP contribution in [0, 0.1) is 0 Å². The van der Waals surface area contributed by atoms with Crippen molar-refractivity contribution in [2.24, 2.45) is 0 Å². The van der Waals surface area contributed by atoms with Crippen LogP contribution in [0.15, 0.2) is 85.0 Å². The van der Waals surface area contributed by atoms with Crippen molar-refractivity contribution < 1.29 is 18.0 Å². The van der Waals surface area contributed by atoms with Crippen LogP contribution in [-0.2, 0) is 0 Å². The van der Waals surface area contributed by atoms with Crippen molar-refractivity contribution in [3.63, 3.8) is 0 Å². The molecule has 0 fully saturated rings. The lowest BCUT2D eigenvalue weighted by molar-refractivity contribution is 0.0996. The van der Waals surface area contributed by atoms with E-state index >= 15 is 0 Å². The zero-order chi connectivity index (χ0) is 20.0. The highest BCUT2D eigenvalue weighted by molar-refractivity contribution is 6.31. The molecule has 0 aliphatic heterocycles. The van der Waals surface area contributed by atoms with Gasteiger partial charge in [0.2, 0.25) is 0 Å². The van der Waals surface area contributed by atoms with E-state index in [-0.39, 0.29) is 5.76 Å². The smallest absolute Gasteiger partial charge is 0.336 e. The second-order valence-electron chi connectivity index (χ2n) is 6.35. The number of hydrogen-bond donors (Lipinski definition) is 1. The van der Waals surface area contributed by atoms with E-state index in [0.717, 1.165) is 0 Å². The molecule has 0 aliphatic rings. The summed E-state index contributed by atoms with van der Waals surface area (Å²) < 4.78 is 16.5. The maximum atomic E-state index is 12.6. The fraction of sp³-hybridized carbons (Fsp3) is 0. The number of hydrogen-bond acceptors (Lipinski definition) is 5. The van der Waals surface area contributed by atoms with Crippen LogP contribution in [0.1, 0.15) is 10.6 Å². The molecule has 1 N–H and O–H groups in total. The van der Waals surface area contributed by atoms with Crippen LogP contribution in [0.5, 0.6) is 0 Å². The van der Waals surface area contributed by atoms with Crippen LogP contribution in [0.2, 0.25) is 5.02 Å². The van der Waals surface area contributed by atoms with Gasteiger partial charge in [0.1, 0.15) is 11.2 Å². The molecule has 5 aromatic rings. The van der Waals surface area contributed by atoms with E-state index < -0.39 is 11.5 Å². The third kappa shape index (κ3) is 2.99. The fourth-order valence-electron chi connectivity index (χ4n) is 3.27. The monoisotopic (exact) mass is 405 g/mol. The number of rotatable bonds is 3. The molecule has 0 atom stereocenters. The molecule has 142 valence electrons. The SMILES string of the molecule is O=C(Nc1c(-c2cc(=O)oc3ccc(Cl)cc23)oc2ccccc12)c1ccco1. The minimum atomic E-state index is -0.543. The Bertz CT molecular complexity index is 1430. The van der Waals surface area contributed by atoms with Crippen molar-refractivity contribution in [3.8, 4) is 11.3 Å². The normalized spacial score (nSPS) is 11.2. The van der Waals surface area contributed by atoms with E-state index in [1.54, 1.807) is 36.4 Å². The molecule has 0 radical (unpaired) electrons. The second-order valence-corrected chi connectivity index (χ2v) is 6.79. The molecule has 0 unspecified atom stereocenters. The first-order chi connectivity index (χ1) is 14.1. The number of anilines is 1.